The number of rotatable bonds is 2. The number of benzene rings is 1. The second-order valence-electron chi connectivity index (χ2n) is 5.40. The van der Waals surface area contributed by atoms with E-state index in [9.17, 15) is 0 Å². The number of hydrogen-bond donors (Lipinski definition) is 2. The Morgan fingerprint density at radius 1 is 1.29 bits per heavy atom. The average Bonchev–Trinajstić information content (AvgIpc) is 2.51. The van der Waals surface area contributed by atoms with Crippen LogP contribution in [0.1, 0.15) is 31.9 Å². The molecule has 1 aromatic carbocycles. The van der Waals surface area contributed by atoms with Gasteiger partial charge < -0.3 is 10.5 Å². The Kier molecular flexibility index (Phi) is 2.65. The largest absolute Gasteiger partial charge is 0.493 e. The molecule has 0 unspecified atom stereocenters. The Labute approximate surface area is 101 Å². The van der Waals surface area contributed by atoms with Crippen LogP contribution < -0.4 is 10.5 Å². The van der Waals surface area contributed by atoms with E-state index in [1.807, 2.05) is 18.2 Å². The van der Waals surface area contributed by atoms with Gasteiger partial charge in [-0.05, 0) is 23.6 Å². The molecule has 0 fully saturated rings. The molecule has 0 aromatic heterocycles. The molecule has 1 aliphatic rings. The van der Waals surface area contributed by atoms with Crippen LogP contribution >= 0.6 is 0 Å². The molecule has 1 heterocycles. The van der Waals surface area contributed by atoms with Gasteiger partial charge in [0.2, 0.25) is 0 Å². The molecular formula is C13H17N3O. The Morgan fingerprint density at radius 3 is 2.65 bits per heavy atom. The first-order chi connectivity index (χ1) is 7.87. The number of aliphatic imine (C=N–C) groups is 1. The van der Waals surface area contributed by atoms with Crippen LogP contribution in [0.25, 0.3) is 0 Å². The summed E-state index contributed by atoms with van der Waals surface area (Å²) in [6, 6.07) is 5.55. The van der Waals surface area contributed by atoms with Gasteiger partial charge in [-0.25, -0.2) is 4.99 Å². The van der Waals surface area contributed by atoms with Gasteiger partial charge in [0.1, 0.15) is 11.6 Å². The summed E-state index contributed by atoms with van der Waals surface area (Å²) in [6.45, 7) is 6.98. The standard InChI is InChI=1S/C13H17N3O/c1-13(2,3)7-17-8-4-5-9-10(6-8)12(15)16-11(9)14/h4-6H,7H2,1-3H3,(H3,14,15,16). The van der Waals surface area contributed by atoms with E-state index in [4.69, 9.17) is 15.9 Å². The average molecular weight is 231 g/mol. The number of nitrogens with zero attached hydrogens (tertiary/aromatic N) is 1. The maximum atomic E-state index is 7.69. The first kappa shape index (κ1) is 11.6. The maximum Gasteiger partial charge on any atom is 0.155 e. The predicted octanol–water partition coefficient (Wildman–Crippen LogP) is 2.16. The van der Waals surface area contributed by atoms with Crippen molar-refractivity contribution in [3.8, 4) is 5.75 Å². The van der Waals surface area contributed by atoms with Gasteiger partial charge in [-0.15, -0.1) is 0 Å². The van der Waals surface area contributed by atoms with E-state index in [2.05, 4.69) is 25.8 Å². The highest BCUT2D eigenvalue weighted by atomic mass is 16.5. The molecule has 2 rings (SSSR count). The van der Waals surface area contributed by atoms with Crippen LogP contribution in [0.2, 0.25) is 0 Å². The van der Waals surface area contributed by atoms with E-state index in [0.29, 0.717) is 12.4 Å². The third-order valence-corrected chi connectivity index (χ3v) is 2.43. The van der Waals surface area contributed by atoms with Crippen LogP contribution in [-0.2, 0) is 0 Å². The molecule has 1 aromatic rings. The monoisotopic (exact) mass is 231 g/mol. The minimum atomic E-state index is 0.113. The van der Waals surface area contributed by atoms with E-state index in [-0.39, 0.29) is 11.3 Å². The molecule has 0 saturated heterocycles. The summed E-state index contributed by atoms with van der Waals surface area (Å²) in [6.07, 6.45) is 0. The van der Waals surface area contributed by atoms with Crippen molar-refractivity contribution in [2.75, 3.05) is 6.61 Å². The summed E-state index contributed by atoms with van der Waals surface area (Å²) in [7, 11) is 0. The fraction of sp³-hybridized carbons (Fsp3) is 0.385. The van der Waals surface area contributed by atoms with Crippen LogP contribution in [-0.4, -0.2) is 18.3 Å². The molecule has 1 aliphatic heterocycles. The van der Waals surface area contributed by atoms with Crippen LogP contribution in [0.4, 0.5) is 0 Å². The summed E-state index contributed by atoms with van der Waals surface area (Å²) in [4.78, 5) is 3.93. The highest BCUT2D eigenvalue weighted by Crippen LogP contribution is 2.24. The lowest BCUT2D eigenvalue weighted by molar-refractivity contribution is 0.198. The molecule has 0 spiro atoms. The Bertz CT molecular complexity index is 498. The van der Waals surface area contributed by atoms with Gasteiger partial charge in [-0.3, -0.25) is 5.41 Å². The summed E-state index contributed by atoms with van der Waals surface area (Å²) in [5, 5.41) is 7.69. The zero-order valence-corrected chi connectivity index (χ0v) is 10.4. The molecule has 0 radical (unpaired) electrons. The van der Waals surface area contributed by atoms with Crippen LogP contribution in [0.15, 0.2) is 23.2 Å². The first-order valence-electron chi connectivity index (χ1n) is 5.57. The predicted molar refractivity (Wildman–Crippen MR) is 68.9 cm³/mol. The quantitative estimate of drug-likeness (QED) is 0.818. The second kappa shape index (κ2) is 3.87. The van der Waals surface area contributed by atoms with Crippen molar-refractivity contribution in [2.24, 2.45) is 16.1 Å². The number of amidine groups is 2. The molecule has 0 amide bonds. The Morgan fingerprint density at radius 2 is 2.00 bits per heavy atom. The molecule has 0 saturated carbocycles. The molecule has 90 valence electrons. The smallest absolute Gasteiger partial charge is 0.155 e. The van der Waals surface area contributed by atoms with E-state index in [1.165, 1.54) is 0 Å². The van der Waals surface area contributed by atoms with Gasteiger partial charge >= 0.3 is 0 Å². The van der Waals surface area contributed by atoms with E-state index >= 15 is 0 Å². The highest BCUT2D eigenvalue weighted by Gasteiger charge is 2.19. The second-order valence-corrected chi connectivity index (χ2v) is 5.40. The normalized spacial score (nSPS) is 14.5. The number of nitrogens with one attached hydrogen (secondary N) is 1. The van der Waals surface area contributed by atoms with Crippen LogP contribution in [0.5, 0.6) is 5.75 Å². The molecular weight excluding hydrogens is 214 g/mol. The number of nitrogens with two attached hydrogens (primary N) is 1. The van der Waals surface area contributed by atoms with Crippen molar-refractivity contribution in [3.05, 3.63) is 29.3 Å². The fourth-order valence-electron chi connectivity index (χ4n) is 1.57. The molecule has 4 heteroatoms. The van der Waals surface area contributed by atoms with Gasteiger partial charge in [-0.1, -0.05) is 20.8 Å². The fourth-order valence-corrected chi connectivity index (χ4v) is 1.57. The van der Waals surface area contributed by atoms with Gasteiger partial charge in [0.25, 0.3) is 0 Å². The summed E-state index contributed by atoms with van der Waals surface area (Å²) >= 11 is 0. The van der Waals surface area contributed by atoms with Crippen molar-refractivity contribution in [1.82, 2.24) is 0 Å². The van der Waals surface area contributed by atoms with Gasteiger partial charge in [0, 0.05) is 11.1 Å². The van der Waals surface area contributed by atoms with E-state index < -0.39 is 0 Å². The van der Waals surface area contributed by atoms with Crippen molar-refractivity contribution in [3.63, 3.8) is 0 Å². The maximum absolute atomic E-state index is 7.69. The lowest BCUT2D eigenvalue weighted by atomic mass is 9.98. The number of fused-ring (bicyclic) bond motifs is 1. The summed E-state index contributed by atoms with van der Waals surface area (Å²) in [5.41, 5.74) is 7.37. The number of ether oxygens (including phenoxy) is 1. The Hall–Kier alpha value is -1.84. The number of hydrogen-bond acceptors (Lipinski definition) is 3. The SMILES string of the molecule is CC(C)(C)COc1ccc2c(c1)C(=N)N=C2N. The van der Waals surface area contributed by atoms with Crippen molar-refractivity contribution >= 4 is 11.7 Å². The molecule has 0 bridgehead atoms. The van der Waals surface area contributed by atoms with E-state index in [0.717, 1.165) is 16.9 Å². The highest BCUT2D eigenvalue weighted by molar-refractivity contribution is 6.20. The lowest BCUT2D eigenvalue weighted by Gasteiger charge is -2.19. The minimum Gasteiger partial charge on any atom is -0.493 e. The van der Waals surface area contributed by atoms with Gasteiger partial charge in [0.05, 0.1) is 6.61 Å². The van der Waals surface area contributed by atoms with Crippen LogP contribution in [0.3, 0.4) is 0 Å². The third kappa shape index (κ3) is 2.46. The zero-order valence-electron chi connectivity index (χ0n) is 10.4. The molecule has 0 atom stereocenters. The van der Waals surface area contributed by atoms with Crippen molar-refractivity contribution < 1.29 is 4.74 Å². The summed E-state index contributed by atoms with van der Waals surface area (Å²) in [5.74, 6) is 1.37. The van der Waals surface area contributed by atoms with Crippen molar-refractivity contribution in [2.45, 2.75) is 20.8 Å². The minimum absolute atomic E-state index is 0.113. The molecule has 4 nitrogen and oxygen atoms in total. The van der Waals surface area contributed by atoms with Crippen LogP contribution in [0, 0.1) is 10.8 Å². The third-order valence-electron chi connectivity index (χ3n) is 2.43. The van der Waals surface area contributed by atoms with Crippen molar-refractivity contribution in [1.29, 1.82) is 5.41 Å². The zero-order chi connectivity index (χ0) is 12.6. The lowest BCUT2D eigenvalue weighted by Crippen LogP contribution is -2.17. The van der Waals surface area contributed by atoms with Gasteiger partial charge in [0.15, 0.2) is 5.84 Å². The molecule has 3 N–H and O–H groups in total. The molecule has 0 aliphatic carbocycles. The van der Waals surface area contributed by atoms with E-state index in [1.54, 1.807) is 0 Å². The molecule has 17 heavy (non-hydrogen) atoms. The topological polar surface area (TPSA) is 71.5 Å². The first-order valence-corrected chi connectivity index (χ1v) is 5.57. The Balaban J connectivity index is 2.19. The van der Waals surface area contributed by atoms with Gasteiger partial charge in [-0.2, -0.15) is 0 Å². The summed E-state index contributed by atoms with van der Waals surface area (Å²) < 4.78 is 5.69.